The number of pyridine rings is 1. The molecule has 2 N–H and O–H groups in total. The molecular weight excluding hydrogens is 294 g/mol. The maximum absolute atomic E-state index is 9.75. The summed E-state index contributed by atoms with van der Waals surface area (Å²) in [6.45, 7) is 3.33. The SMILES string of the molecule is CSc1cc(OC(C)(C)CO)c(O)c(Br)n1. The van der Waals surface area contributed by atoms with Gasteiger partial charge in [-0.3, -0.25) is 0 Å². The molecule has 0 unspecified atom stereocenters. The number of ether oxygens (including phenoxy) is 1. The lowest BCUT2D eigenvalue weighted by molar-refractivity contribution is 0.0386. The van der Waals surface area contributed by atoms with Crippen molar-refractivity contribution in [2.24, 2.45) is 0 Å². The number of aliphatic hydroxyl groups excluding tert-OH is 1. The normalized spacial score (nSPS) is 11.6. The van der Waals surface area contributed by atoms with Crippen LogP contribution in [0, 0.1) is 0 Å². The fraction of sp³-hybridized carbons (Fsp3) is 0.500. The summed E-state index contributed by atoms with van der Waals surface area (Å²) >= 11 is 4.59. The predicted octanol–water partition coefficient (Wildman–Crippen LogP) is 2.42. The third-order valence-corrected chi connectivity index (χ3v) is 3.05. The zero-order chi connectivity index (χ0) is 12.3. The summed E-state index contributed by atoms with van der Waals surface area (Å²) in [5, 5.41) is 19.6. The Morgan fingerprint density at radius 1 is 1.56 bits per heavy atom. The first kappa shape index (κ1) is 13.6. The quantitative estimate of drug-likeness (QED) is 0.661. The van der Waals surface area contributed by atoms with E-state index in [1.54, 1.807) is 19.9 Å². The van der Waals surface area contributed by atoms with Gasteiger partial charge in [0.2, 0.25) is 0 Å². The maximum Gasteiger partial charge on any atom is 0.191 e. The third-order valence-electron chi connectivity index (χ3n) is 1.87. The molecule has 0 saturated heterocycles. The molecule has 0 aliphatic carbocycles. The molecule has 0 saturated carbocycles. The molecule has 0 aliphatic heterocycles. The van der Waals surface area contributed by atoms with Gasteiger partial charge in [0, 0.05) is 6.07 Å². The number of halogens is 1. The molecule has 1 heterocycles. The molecule has 0 amide bonds. The van der Waals surface area contributed by atoms with Crippen LogP contribution in [0.5, 0.6) is 11.5 Å². The standard InChI is InChI=1S/C10H14BrNO3S/c1-10(2,5-13)15-6-4-7(16-3)12-9(11)8(6)14/h4,13-14H,5H2,1-3H3. The Hall–Kier alpha value is -0.460. The molecule has 1 aromatic rings. The van der Waals surface area contributed by atoms with Crippen molar-refractivity contribution in [1.29, 1.82) is 0 Å². The Morgan fingerprint density at radius 3 is 2.69 bits per heavy atom. The van der Waals surface area contributed by atoms with Gasteiger partial charge in [-0.2, -0.15) is 0 Å². The summed E-state index contributed by atoms with van der Waals surface area (Å²) in [7, 11) is 0. The molecular formula is C10H14BrNO3S. The number of aliphatic hydroxyl groups is 1. The Balaban J connectivity index is 3.08. The first-order valence-corrected chi connectivity index (χ1v) is 6.65. The Bertz CT molecular complexity index is 385. The molecule has 0 aromatic carbocycles. The summed E-state index contributed by atoms with van der Waals surface area (Å²) in [5.41, 5.74) is -0.742. The number of thioether (sulfide) groups is 1. The van der Waals surface area contributed by atoms with Crippen LogP contribution in [0.2, 0.25) is 0 Å². The molecule has 1 rings (SSSR count). The lowest BCUT2D eigenvalue weighted by Crippen LogP contribution is -2.32. The van der Waals surface area contributed by atoms with Crippen LogP contribution in [-0.2, 0) is 0 Å². The van der Waals surface area contributed by atoms with Gasteiger partial charge < -0.3 is 14.9 Å². The number of hydrogen-bond acceptors (Lipinski definition) is 5. The highest BCUT2D eigenvalue weighted by molar-refractivity contribution is 9.10. The second-order valence-electron chi connectivity index (χ2n) is 3.82. The molecule has 0 radical (unpaired) electrons. The molecule has 0 aliphatic rings. The molecule has 90 valence electrons. The first-order valence-electron chi connectivity index (χ1n) is 4.63. The predicted molar refractivity (Wildman–Crippen MR) is 67.2 cm³/mol. The largest absolute Gasteiger partial charge is 0.502 e. The summed E-state index contributed by atoms with van der Waals surface area (Å²) in [6.07, 6.45) is 1.88. The van der Waals surface area contributed by atoms with Gasteiger partial charge in [-0.1, -0.05) is 0 Å². The molecule has 0 bridgehead atoms. The third kappa shape index (κ3) is 3.26. The van der Waals surface area contributed by atoms with E-state index in [4.69, 9.17) is 9.84 Å². The number of aromatic nitrogens is 1. The van der Waals surface area contributed by atoms with Crippen LogP contribution in [0.1, 0.15) is 13.8 Å². The van der Waals surface area contributed by atoms with Crippen LogP contribution < -0.4 is 4.74 Å². The second kappa shape index (κ2) is 5.25. The minimum atomic E-state index is -0.742. The average Bonchev–Trinajstić information content (AvgIpc) is 2.24. The summed E-state index contributed by atoms with van der Waals surface area (Å²) in [6, 6.07) is 1.64. The van der Waals surface area contributed by atoms with Gasteiger partial charge in [0.25, 0.3) is 0 Å². The van der Waals surface area contributed by atoms with Crippen LogP contribution in [0.3, 0.4) is 0 Å². The van der Waals surface area contributed by atoms with Gasteiger partial charge in [-0.15, -0.1) is 11.8 Å². The van der Waals surface area contributed by atoms with E-state index in [2.05, 4.69) is 20.9 Å². The van der Waals surface area contributed by atoms with Crippen molar-refractivity contribution in [1.82, 2.24) is 4.98 Å². The summed E-state index contributed by atoms with van der Waals surface area (Å²) in [4.78, 5) is 4.09. The van der Waals surface area contributed by atoms with Crippen LogP contribution in [-0.4, -0.2) is 33.7 Å². The van der Waals surface area contributed by atoms with Gasteiger partial charge in [0.1, 0.15) is 10.6 Å². The molecule has 6 heteroatoms. The van der Waals surface area contributed by atoms with Crippen molar-refractivity contribution in [2.75, 3.05) is 12.9 Å². The van der Waals surface area contributed by atoms with E-state index in [-0.39, 0.29) is 12.4 Å². The second-order valence-corrected chi connectivity index (χ2v) is 5.40. The molecule has 0 atom stereocenters. The van der Waals surface area contributed by atoms with Crippen molar-refractivity contribution in [3.63, 3.8) is 0 Å². The average molecular weight is 308 g/mol. The van der Waals surface area contributed by atoms with E-state index in [0.717, 1.165) is 5.03 Å². The minimum Gasteiger partial charge on any atom is -0.502 e. The molecule has 4 nitrogen and oxygen atoms in total. The highest BCUT2D eigenvalue weighted by atomic mass is 79.9. The van der Waals surface area contributed by atoms with Gasteiger partial charge in [0.15, 0.2) is 16.1 Å². The van der Waals surface area contributed by atoms with E-state index in [0.29, 0.717) is 10.4 Å². The van der Waals surface area contributed by atoms with Crippen LogP contribution in [0.25, 0.3) is 0 Å². The van der Waals surface area contributed by atoms with E-state index in [9.17, 15) is 5.11 Å². The van der Waals surface area contributed by atoms with Gasteiger partial charge in [0.05, 0.1) is 6.61 Å². The zero-order valence-corrected chi connectivity index (χ0v) is 11.7. The molecule has 16 heavy (non-hydrogen) atoms. The van der Waals surface area contributed by atoms with Crippen molar-refractivity contribution < 1.29 is 14.9 Å². The number of aromatic hydroxyl groups is 1. The fourth-order valence-corrected chi connectivity index (χ4v) is 1.89. The first-order chi connectivity index (χ1) is 7.39. The van der Waals surface area contributed by atoms with Crippen molar-refractivity contribution in [3.8, 4) is 11.5 Å². The van der Waals surface area contributed by atoms with Crippen LogP contribution in [0.15, 0.2) is 15.7 Å². The maximum atomic E-state index is 9.75. The van der Waals surface area contributed by atoms with Crippen molar-refractivity contribution in [3.05, 3.63) is 10.7 Å². The molecule has 0 fully saturated rings. The van der Waals surface area contributed by atoms with Crippen molar-refractivity contribution >= 4 is 27.7 Å². The highest BCUT2D eigenvalue weighted by Crippen LogP contribution is 2.37. The Morgan fingerprint density at radius 2 is 2.19 bits per heavy atom. The number of rotatable bonds is 4. The Labute approximate surface area is 107 Å². The topological polar surface area (TPSA) is 62.6 Å². The Kier molecular flexibility index (Phi) is 4.46. The van der Waals surface area contributed by atoms with Crippen LogP contribution in [0.4, 0.5) is 0 Å². The summed E-state index contributed by atoms with van der Waals surface area (Å²) in [5.74, 6) is 0.254. The van der Waals surface area contributed by atoms with Gasteiger partial charge in [-0.25, -0.2) is 4.98 Å². The summed E-state index contributed by atoms with van der Waals surface area (Å²) < 4.78 is 5.86. The minimum absolute atomic E-state index is 0.0562. The lowest BCUT2D eigenvalue weighted by atomic mass is 10.1. The molecule has 0 spiro atoms. The van der Waals surface area contributed by atoms with Crippen molar-refractivity contribution in [2.45, 2.75) is 24.5 Å². The zero-order valence-electron chi connectivity index (χ0n) is 9.32. The van der Waals surface area contributed by atoms with Crippen LogP contribution >= 0.6 is 27.7 Å². The van der Waals surface area contributed by atoms with E-state index in [1.165, 1.54) is 11.8 Å². The highest BCUT2D eigenvalue weighted by Gasteiger charge is 2.22. The van der Waals surface area contributed by atoms with E-state index < -0.39 is 5.60 Å². The number of nitrogens with zero attached hydrogens (tertiary/aromatic N) is 1. The monoisotopic (exact) mass is 307 g/mol. The van der Waals surface area contributed by atoms with Gasteiger partial charge in [-0.05, 0) is 36.0 Å². The lowest BCUT2D eigenvalue weighted by Gasteiger charge is -2.24. The number of hydrogen-bond donors (Lipinski definition) is 2. The van der Waals surface area contributed by atoms with E-state index in [1.807, 2.05) is 6.26 Å². The smallest absolute Gasteiger partial charge is 0.191 e. The molecule has 1 aromatic heterocycles. The fourth-order valence-electron chi connectivity index (χ4n) is 0.976. The van der Waals surface area contributed by atoms with E-state index >= 15 is 0 Å². The van der Waals surface area contributed by atoms with Gasteiger partial charge >= 0.3 is 0 Å².